The number of hydrogen-bond donors (Lipinski definition) is 0. The molecule has 2 rings (SSSR count). The summed E-state index contributed by atoms with van der Waals surface area (Å²) in [6.45, 7) is 0.705. The van der Waals surface area contributed by atoms with Gasteiger partial charge in [0.25, 0.3) is 0 Å². The van der Waals surface area contributed by atoms with Crippen LogP contribution in [0.15, 0.2) is 30.3 Å². The summed E-state index contributed by atoms with van der Waals surface area (Å²) in [5.74, 6) is 0.991. The van der Waals surface area contributed by atoms with Crippen LogP contribution in [-0.2, 0) is 16.8 Å². The van der Waals surface area contributed by atoms with E-state index in [0.717, 1.165) is 5.75 Å². The zero-order chi connectivity index (χ0) is 6.81. The van der Waals surface area contributed by atoms with Crippen molar-refractivity contribution < 1.29 is 21.5 Å². The number of fused-ring (bicyclic) bond motifs is 1. The van der Waals surface area contributed by atoms with E-state index in [1.807, 2.05) is 30.3 Å². The van der Waals surface area contributed by atoms with Gasteiger partial charge in [-0.2, -0.15) is 0 Å². The number of benzene rings is 1. The minimum absolute atomic E-state index is 0. The summed E-state index contributed by atoms with van der Waals surface area (Å²) in [5, 5.41) is 0. The molecular formula is C9H8CoO. The van der Waals surface area contributed by atoms with E-state index < -0.39 is 0 Å². The van der Waals surface area contributed by atoms with Crippen LogP contribution < -0.4 is 4.74 Å². The van der Waals surface area contributed by atoms with Crippen LogP contribution >= 0.6 is 0 Å². The number of para-hydroxylation sites is 1. The summed E-state index contributed by atoms with van der Waals surface area (Å²) in [6.07, 6.45) is 4.10. The van der Waals surface area contributed by atoms with Crippen molar-refractivity contribution >= 4 is 6.08 Å². The van der Waals surface area contributed by atoms with Gasteiger partial charge in [-0.3, -0.25) is 0 Å². The molecule has 0 saturated carbocycles. The molecule has 1 aliphatic rings. The standard InChI is InChI=1S/C9H8O.Co/c1-2-6-9-8(4-1)5-3-7-10-9;/h1-6H,7H2;. The van der Waals surface area contributed by atoms with Crippen molar-refractivity contribution in [3.8, 4) is 5.75 Å². The predicted octanol–water partition coefficient (Wildman–Crippen LogP) is 2.09. The molecule has 59 valence electrons. The first-order valence-corrected chi connectivity index (χ1v) is 3.35. The van der Waals surface area contributed by atoms with E-state index in [-0.39, 0.29) is 16.8 Å². The minimum atomic E-state index is 0. The molecule has 1 aromatic carbocycles. The molecule has 0 amide bonds. The van der Waals surface area contributed by atoms with Crippen LogP contribution in [0.25, 0.3) is 6.08 Å². The van der Waals surface area contributed by atoms with Crippen LogP contribution in [0.2, 0.25) is 0 Å². The quantitative estimate of drug-likeness (QED) is 0.610. The molecule has 0 aliphatic carbocycles. The molecule has 1 aliphatic heterocycles. The van der Waals surface area contributed by atoms with Crippen LogP contribution in [0.3, 0.4) is 0 Å². The normalized spacial score (nSPS) is 12.7. The van der Waals surface area contributed by atoms with E-state index in [9.17, 15) is 0 Å². The van der Waals surface area contributed by atoms with E-state index >= 15 is 0 Å². The Bertz CT molecular complexity index is 268. The Labute approximate surface area is 76.3 Å². The van der Waals surface area contributed by atoms with Gasteiger partial charge in [-0.15, -0.1) is 0 Å². The van der Waals surface area contributed by atoms with E-state index in [1.54, 1.807) is 0 Å². The second-order valence-electron chi connectivity index (χ2n) is 2.25. The molecule has 1 aromatic rings. The van der Waals surface area contributed by atoms with Gasteiger partial charge in [-0.1, -0.05) is 24.3 Å². The third-order valence-corrected chi connectivity index (χ3v) is 1.55. The third kappa shape index (κ3) is 1.64. The topological polar surface area (TPSA) is 9.23 Å². The van der Waals surface area contributed by atoms with Crippen LogP contribution in [0.4, 0.5) is 0 Å². The molecular weight excluding hydrogens is 183 g/mol. The number of ether oxygens (including phenoxy) is 1. The van der Waals surface area contributed by atoms with Crippen molar-refractivity contribution in [3.05, 3.63) is 35.9 Å². The van der Waals surface area contributed by atoms with Crippen LogP contribution in [0.1, 0.15) is 5.56 Å². The smallest absolute Gasteiger partial charge is 0.126 e. The zero-order valence-corrected chi connectivity index (χ0v) is 6.95. The van der Waals surface area contributed by atoms with Crippen molar-refractivity contribution in [2.45, 2.75) is 0 Å². The molecule has 0 unspecified atom stereocenters. The number of rotatable bonds is 0. The average molecular weight is 191 g/mol. The maximum absolute atomic E-state index is 5.34. The summed E-state index contributed by atoms with van der Waals surface area (Å²) >= 11 is 0. The van der Waals surface area contributed by atoms with E-state index in [1.165, 1.54) is 5.56 Å². The maximum atomic E-state index is 5.34. The largest absolute Gasteiger partial charge is 0.489 e. The molecule has 0 N–H and O–H groups in total. The van der Waals surface area contributed by atoms with Crippen molar-refractivity contribution in [1.29, 1.82) is 0 Å². The molecule has 0 spiro atoms. The van der Waals surface area contributed by atoms with Crippen molar-refractivity contribution in [2.75, 3.05) is 6.61 Å². The fourth-order valence-corrected chi connectivity index (χ4v) is 1.06. The molecule has 1 nitrogen and oxygen atoms in total. The Hall–Kier alpha value is -0.734. The van der Waals surface area contributed by atoms with Gasteiger partial charge in [0, 0.05) is 22.3 Å². The van der Waals surface area contributed by atoms with Crippen LogP contribution in [0, 0.1) is 0 Å². The summed E-state index contributed by atoms with van der Waals surface area (Å²) < 4.78 is 5.34. The second kappa shape index (κ2) is 3.60. The van der Waals surface area contributed by atoms with Crippen molar-refractivity contribution in [1.82, 2.24) is 0 Å². The van der Waals surface area contributed by atoms with Gasteiger partial charge in [0.2, 0.25) is 0 Å². The maximum Gasteiger partial charge on any atom is 0.126 e. The van der Waals surface area contributed by atoms with Gasteiger partial charge in [-0.05, 0) is 12.1 Å². The fraction of sp³-hybridized carbons (Fsp3) is 0.111. The molecule has 1 radical (unpaired) electrons. The van der Waals surface area contributed by atoms with Crippen molar-refractivity contribution in [2.24, 2.45) is 0 Å². The Morgan fingerprint density at radius 1 is 1.18 bits per heavy atom. The Kier molecular flexibility index (Phi) is 2.74. The van der Waals surface area contributed by atoms with E-state index in [0.29, 0.717) is 6.61 Å². The molecule has 0 fully saturated rings. The molecule has 11 heavy (non-hydrogen) atoms. The van der Waals surface area contributed by atoms with E-state index in [2.05, 4.69) is 6.08 Å². The first kappa shape index (κ1) is 8.36. The van der Waals surface area contributed by atoms with Gasteiger partial charge in [0.1, 0.15) is 12.4 Å². The second-order valence-corrected chi connectivity index (χ2v) is 2.25. The summed E-state index contributed by atoms with van der Waals surface area (Å²) in [6, 6.07) is 8.03. The first-order chi connectivity index (χ1) is 4.97. The monoisotopic (exact) mass is 191 g/mol. The third-order valence-electron chi connectivity index (χ3n) is 1.55. The fourth-order valence-electron chi connectivity index (χ4n) is 1.06. The van der Waals surface area contributed by atoms with Gasteiger partial charge >= 0.3 is 0 Å². The van der Waals surface area contributed by atoms with Gasteiger partial charge in [-0.25, -0.2) is 0 Å². The summed E-state index contributed by atoms with van der Waals surface area (Å²) in [4.78, 5) is 0. The van der Waals surface area contributed by atoms with Crippen LogP contribution in [0.5, 0.6) is 5.75 Å². The summed E-state index contributed by atoms with van der Waals surface area (Å²) in [7, 11) is 0. The molecule has 0 atom stereocenters. The predicted molar refractivity (Wildman–Crippen MR) is 41.0 cm³/mol. The van der Waals surface area contributed by atoms with Crippen LogP contribution in [-0.4, -0.2) is 6.61 Å². The number of hydrogen-bond acceptors (Lipinski definition) is 1. The SMILES string of the molecule is C1=Cc2ccccc2OC1.[Co]. The zero-order valence-electron chi connectivity index (χ0n) is 5.91. The van der Waals surface area contributed by atoms with E-state index in [4.69, 9.17) is 4.74 Å². The van der Waals surface area contributed by atoms with Gasteiger partial charge < -0.3 is 4.74 Å². The minimum Gasteiger partial charge on any atom is -0.489 e. The molecule has 2 heteroatoms. The Morgan fingerprint density at radius 3 is 2.82 bits per heavy atom. The van der Waals surface area contributed by atoms with Gasteiger partial charge in [0.05, 0.1) is 0 Å². The average Bonchev–Trinajstić information content (AvgIpc) is 2.05. The molecule has 1 heterocycles. The van der Waals surface area contributed by atoms with Crippen molar-refractivity contribution in [3.63, 3.8) is 0 Å². The van der Waals surface area contributed by atoms with Gasteiger partial charge in [0.15, 0.2) is 0 Å². The molecule has 0 bridgehead atoms. The first-order valence-electron chi connectivity index (χ1n) is 3.35. The molecule has 0 aromatic heterocycles. The summed E-state index contributed by atoms with van der Waals surface area (Å²) in [5.41, 5.74) is 1.17. The Balaban J connectivity index is 0.000000605. The molecule has 0 saturated heterocycles. The Morgan fingerprint density at radius 2 is 2.00 bits per heavy atom.